The fourth-order valence-electron chi connectivity index (χ4n) is 2.00. The molecule has 3 nitrogen and oxygen atoms in total. The molecule has 0 fully saturated rings. The number of aromatic amines is 1. The van der Waals surface area contributed by atoms with Crippen molar-refractivity contribution in [3.8, 4) is 0 Å². The van der Waals surface area contributed by atoms with Crippen molar-refractivity contribution in [2.45, 2.75) is 19.4 Å². The van der Waals surface area contributed by atoms with Crippen LogP contribution in [0.25, 0.3) is 0 Å². The molecule has 0 aliphatic rings. The first kappa shape index (κ1) is 12.1. The Morgan fingerprint density at radius 3 is 2.88 bits per heavy atom. The lowest BCUT2D eigenvalue weighted by Crippen LogP contribution is -2.20. The van der Waals surface area contributed by atoms with Crippen molar-refractivity contribution in [1.29, 1.82) is 0 Å². The summed E-state index contributed by atoms with van der Waals surface area (Å²) in [6.07, 6.45) is 4.46. The highest BCUT2D eigenvalue weighted by Crippen LogP contribution is 2.23. The van der Waals surface area contributed by atoms with Crippen molar-refractivity contribution >= 4 is 11.6 Å². The number of halogens is 1. The lowest BCUT2D eigenvalue weighted by Gasteiger charge is -2.18. The minimum Gasteiger partial charge on any atom is -0.349 e. The number of H-pyrrole nitrogens is 1. The van der Waals surface area contributed by atoms with Crippen LogP contribution in [0, 0.1) is 6.92 Å². The van der Waals surface area contributed by atoms with Crippen LogP contribution < -0.4 is 5.32 Å². The first-order valence-corrected chi connectivity index (χ1v) is 6.00. The molecule has 2 N–H and O–H groups in total. The highest BCUT2D eigenvalue weighted by Gasteiger charge is 2.13. The van der Waals surface area contributed by atoms with Crippen LogP contribution in [-0.4, -0.2) is 17.0 Å². The van der Waals surface area contributed by atoms with Gasteiger partial charge in [-0.3, -0.25) is 0 Å². The molecule has 2 rings (SSSR count). The van der Waals surface area contributed by atoms with Gasteiger partial charge in [-0.2, -0.15) is 0 Å². The van der Waals surface area contributed by atoms with Crippen LogP contribution in [0.4, 0.5) is 0 Å². The molecule has 0 spiro atoms. The lowest BCUT2D eigenvalue weighted by atomic mass is 9.99. The van der Waals surface area contributed by atoms with Gasteiger partial charge in [-0.15, -0.1) is 0 Å². The van der Waals surface area contributed by atoms with E-state index in [1.807, 2.05) is 25.4 Å². The number of hydrogen-bond acceptors (Lipinski definition) is 2. The zero-order valence-corrected chi connectivity index (χ0v) is 10.8. The van der Waals surface area contributed by atoms with E-state index in [0.29, 0.717) is 0 Å². The van der Waals surface area contributed by atoms with Crippen LogP contribution in [0.1, 0.15) is 23.0 Å². The van der Waals surface area contributed by atoms with Gasteiger partial charge in [0.1, 0.15) is 5.82 Å². The van der Waals surface area contributed by atoms with Crippen molar-refractivity contribution in [2.75, 3.05) is 7.05 Å². The average Bonchev–Trinajstić information content (AvgIpc) is 2.79. The van der Waals surface area contributed by atoms with Gasteiger partial charge < -0.3 is 10.3 Å². The number of hydrogen-bond donors (Lipinski definition) is 2. The number of likely N-dealkylation sites (N-methyl/N-ethyl adjacent to an activating group) is 1. The molecule has 1 heterocycles. The molecule has 0 saturated carbocycles. The molecule has 0 aliphatic carbocycles. The summed E-state index contributed by atoms with van der Waals surface area (Å²) in [5.41, 5.74) is 2.46. The van der Waals surface area contributed by atoms with Crippen LogP contribution in [-0.2, 0) is 6.42 Å². The number of nitrogens with one attached hydrogen (secondary N) is 2. The molecule has 1 aromatic heterocycles. The monoisotopic (exact) mass is 249 g/mol. The van der Waals surface area contributed by atoms with Gasteiger partial charge in [0.15, 0.2) is 0 Å². The van der Waals surface area contributed by atoms with Crippen molar-refractivity contribution < 1.29 is 0 Å². The lowest BCUT2D eigenvalue weighted by molar-refractivity contribution is 0.575. The molecule has 0 saturated heterocycles. The molecule has 1 unspecified atom stereocenters. The van der Waals surface area contributed by atoms with Crippen molar-refractivity contribution in [3.05, 3.63) is 52.6 Å². The summed E-state index contributed by atoms with van der Waals surface area (Å²) in [5.74, 6) is 0.985. The van der Waals surface area contributed by atoms with Gasteiger partial charge in [-0.1, -0.05) is 17.7 Å². The third-order valence-electron chi connectivity index (χ3n) is 2.91. The summed E-state index contributed by atoms with van der Waals surface area (Å²) in [4.78, 5) is 7.38. The second-order valence-electron chi connectivity index (χ2n) is 4.08. The summed E-state index contributed by atoms with van der Waals surface area (Å²) in [6.45, 7) is 2.08. The highest BCUT2D eigenvalue weighted by atomic mass is 35.5. The normalized spacial score (nSPS) is 12.6. The maximum absolute atomic E-state index is 5.97. The minimum absolute atomic E-state index is 0.249. The predicted molar refractivity (Wildman–Crippen MR) is 70.3 cm³/mol. The highest BCUT2D eigenvalue weighted by molar-refractivity contribution is 6.30. The largest absolute Gasteiger partial charge is 0.349 e. The van der Waals surface area contributed by atoms with Crippen molar-refractivity contribution in [2.24, 2.45) is 0 Å². The molecule has 2 aromatic rings. The van der Waals surface area contributed by atoms with E-state index < -0.39 is 0 Å². The van der Waals surface area contributed by atoms with Gasteiger partial charge in [0.05, 0.1) is 0 Å². The van der Waals surface area contributed by atoms with Gasteiger partial charge in [-0.05, 0) is 37.2 Å². The standard InChI is InChI=1S/C13H16ClN3/c1-9-7-10(14)3-4-11(9)12(15-2)8-13-16-5-6-17-13/h3-7,12,15H,8H2,1-2H3,(H,16,17). The quantitative estimate of drug-likeness (QED) is 0.875. The zero-order valence-electron chi connectivity index (χ0n) is 10.00. The van der Waals surface area contributed by atoms with E-state index in [4.69, 9.17) is 11.6 Å². The Morgan fingerprint density at radius 1 is 1.47 bits per heavy atom. The Hall–Kier alpha value is -1.32. The van der Waals surface area contributed by atoms with Gasteiger partial charge in [0.25, 0.3) is 0 Å². The molecule has 0 bridgehead atoms. The molecule has 1 aromatic carbocycles. The smallest absolute Gasteiger partial charge is 0.107 e. The SMILES string of the molecule is CNC(Cc1ncc[nH]1)c1ccc(Cl)cc1C. The predicted octanol–water partition coefficient (Wildman–Crippen LogP) is 2.87. The van der Waals surface area contributed by atoms with Crippen LogP contribution in [0.3, 0.4) is 0 Å². The van der Waals surface area contributed by atoms with E-state index in [1.54, 1.807) is 6.20 Å². The van der Waals surface area contributed by atoms with Gasteiger partial charge in [0.2, 0.25) is 0 Å². The number of nitrogens with zero attached hydrogens (tertiary/aromatic N) is 1. The first-order chi connectivity index (χ1) is 8.20. The molecule has 4 heteroatoms. The number of aryl methyl sites for hydroxylation is 1. The first-order valence-electron chi connectivity index (χ1n) is 5.62. The number of benzene rings is 1. The third kappa shape index (κ3) is 2.87. The molecule has 0 radical (unpaired) electrons. The average molecular weight is 250 g/mol. The molecule has 0 amide bonds. The van der Waals surface area contributed by atoms with Gasteiger partial charge in [0, 0.05) is 29.9 Å². The molecule has 1 atom stereocenters. The molecule has 90 valence electrons. The van der Waals surface area contributed by atoms with E-state index in [2.05, 4.69) is 28.3 Å². The second kappa shape index (κ2) is 5.34. The maximum Gasteiger partial charge on any atom is 0.107 e. The fraction of sp³-hybridized carbons (Fsp3) is 0.308. The molecule has 0 aliphatic heterocycles. The Morgan fingerprint density at radius 2 is 2.29 bits per heavy atom. The van der Waals surface area contributed by atoms with E-state index >= 15 is 0 Å². The number of aromatic nitrogens is 2. The van der Waals surface area contributed by atoms with Crippen molar-refractivity contribution in [1.82, 2.24) is 15.3 Å². The number of rotatable bonds is 4. The maximum atomic E-state index is 5.97. The van der Waals surface area contributed by atoms with Crippen LogP contribution >= 0.6 is 11.6 Å². The summed E-state index contributed by atoms with van der Waals surface area (Å²) in [7, 11) is 1.96. The van der Waals surface area contributed by atoms with Gasteiger partial charge >= 0.3 is 0 Å². The van der Waals surface area contributed by atoms with E-state index in [-0.39, 0.29) is 6.04 Å². The van der Waals surface area contributed by atoms with Crippen LogP contribution in [0.15, 0.2) is 30.6 Å². The summed E-state index contributed by atoms with van der Waals surface area (Å²) < 4.78 is 0. The summed E-state index contributed by atoms with van der Waals surface area (Å²) in [5, 5.41) is 4.09. The van der Waals surface area contributed by atoms with E-state index in [1.165, 1.54) is 11.1 Å². The zero-order chi connectivity index (χ0) is 12.3. The molecular weight excluding hydrogens is 234 g/mol. The van der Waals surface area contributed by atoms with Gasteiger partial charge in [-0.25, -0.2) is 4.98 Å². The van der Waals surface area contributed by atoms with Crippen LogP contribution in [0.5, 0.6) is 0 Å². The summed E-state index contributed by atoms with van der Waals surface area (Å²) >= 11 is 5.97. The number of imidazole rings is 1. The minimum atomic E-state index is 0.249. The van der Waals surface area contributed by atoms with Crippen LogP contribution in [0.2, 0.25) is 5.02 Å². The Balaban J connectivity index is 2.23. The topological polar surface area (TPSA) is 40.7 Å². The Labute approximate surface area is 106 Å². The Bertz CT molecular complexity index is 479. The third-order valence-corrected chi connectivity index (χ3v) is 3.14. The van der Waals surface area contributed by atoms with E-state index in [0.717, 1.165) is 17.3 Å². The molecule has 17 heavy (non-hydrogen) atoms. The fourth-order valence-corrected chi connectivity index (χ4v) is 2.23. The van der Waals surface area contributed by atoms with E-state index in [9.17, 15) is 0 Å². The Kier molecular flexibility index (Phi) is 3.82. The van der Waals surface area contributed by atoms with Crippen molar-refractivity contribution in [3.63, 3.8) is 0 Å². The summed E-state index contributed by atoms with van der Waals surface area (Å²) in [6, 6.07) is 6.24. The second-order valence-corrected chi connectivity index (χ2v) is 4.52. The molecular formula is C13H16ClN3.